The first-order chi connectivity index (χ1) is 20.4. The predicted octanol–water partition coefficient (Wildman–Crippen LogP) is 6.67. The number of hydrogen-bond acceptors (Lipinski definition) is 6. The lowest BCUT2D eigenvalue weighted by Gasteiger charge is -2.43. The van der Waals surface area contributed by atoms with E-state index in [4.69, 9.17) is 9.47 Å². The maximum Gasteiger partial charge on any atom is 0.261 e. The second-order valence-corrected chi connectivity index (χ2v) is 15.7. The van der Waals surface area contributed by atoms with Gasteiger partial charge in [-0.3, -0.25) is 9.62 Å². The number of ether oxygens (including phenoxy) is 2. The number of benzene rings is 3. The summed E-state index contributed by atoms with van der Waals surface area (Å²) >= 11 is 0. The minimum absolute atomic E-state index is 0.00155. The summed E-state index contributed by atoms with van der Waals surface area (Å²) in [5, 5.41) is 9.57. The van der Waals surface area contributed by atoms with Crippen LogP contribution in [0.1, 0.15) is 76.0 Å². The van der Waals surface area contributed by atoms with Gasteiger partial charge in [-0.25, -0.2) is 8.42 Å². The van der Waals surface area contributed by atoms with Crippen LogP contribution in [0.4, 0.5) is 5.69 Å². The van der Waals surface area contributed by atoms with Gasteiger partial charge in [-0.1, -0.05) is 82.3 Å². The van der Waals surface area contributed by atoms with Crippen molar-refractivity contribution in [2.24, 2.45) is 16.7 Å². The fourth-order valence-electron chi connectivity index (χ4n) is 7.87. The maximum atomic E-state index is 12.8. The van der Waals surface area contributed by atoms with Gasteiger partial charge in [0.1, 0.15) is 0 Å². The summed E-state index contributed by atoms with van der Waals surface area (Å²) < 4.78 is 41.7. The van der Waals surface area contributed by atoms with Crippen LogP contribution in [0, 0.1) is 16.7 Å². The predicted molar refractivity (Wildman–Crippen MR) is 168 cm³/mol. The highest BCUT2D eigenvalue weighted by Gasteiger charge is 2.51. The smallest absolute Gasteiger partial charge is 0.261 e. The van der Waals surface area contributed by atoms with Crippen LogP contribution < -0.4 is 4.72 Å². The summed E-state index contributed by atoms with van der Waals surface area (Å²) in [4.78, 5) is 2.87. The monoisotopic (exact) mass is 604 g/mol. The summed E-state index contributed by atoms with van der Waals surface area (Å²) in [6.45, 7) is 11.4. The van der Waals surface area contributed by atoms with Gasteiger partial charge < -0.3 is 14.6 Å². The van der Waals surface area contributed by atoms with Crippen LogP contribution in [-0.4, -0.2) is 43.7 Å². The molecule has 0 aromatic heterocycles. The van der Waals surface area contributed by atoms with Crippen molar-refractivity contribution in [3.8, 4) is 0 Å². The highest BCUT2D eigenvalue weighted by atomic mass is 32.2. The number of hydrogen-bond donors (Lipinski definition) is 2. The third kappa shape index (κ3) is 6.54. The average molecular weight is 605 g/mol. The number of rotatable bonds is 8. The molecular weight excluding hydrogens is 560 g/mol. The first-order valence-corrected chi connectivity index (χ1v) is 16.8. The van der Waals surface area contributed by atoms with Crippen LogP contribution in [0.25, 0.3) is 0 Å². The van der Waals surface area contributed by atoms with Crippen molar-refractivity contribution in [2.45, 2.75) is 83.0 Å². The molecule has 0 spiro atoms. The van der Waals surface area contributed by atoms with E-state index in [9.17, 15) is 13.5 Å². The quantitative estimate of drug-likeness (QED) is 0.299. The Bertz CT molecular complexity index is 1510. The number of aliphatic hydroxyl groups is 1. The van der Waals surface area contributed by atoms with Crippen LogP contribution in [0.15, 0.2) is 83.8 Å². The Labute approximate surface area is 256 Å². The molecule has 3 aliphatic rings. The Morgan fingerprint density at radius 3 is 2.26 bits per heavy atom. The number of anilines is 1. The first kappa shape index (κ1) is 30.3. The van der Waals surface area contributed by atoms with Crippen molar-refractivity contribution in [2.75, 3.05) is 17.8 Å². The Morgan fingerprint density at radius 1 is 0.907 bits per heavy atom. The van der Waals surface area contributed by atoms with Gasteiger partial charge in [0.15, 0.2) is 6.29 Å². The molecule has 230 valence electrons. The fourth-order valence-corrected chi connectivity index (χ4v) is 8.95. The van der Waals surface area contributed by atoms with Crippen LogP contribution in [0.5, 0.6) is 0 Å². The minimum atomic E-state index is -3.69. The van der Waals surface area contributed by atoms with Gasteiger partial charge in [0.2, 0.25) is 0 Å². The van der Waals surface area contributed by atoms with Gasteiger partial charge in [-0.05, 0) is 65.5 Å². The molecule has 1 aliphatic carbocycles. The number of nitrogens with one attached hydrogen (secondary N) is 1. The van der Waals surface area contributed by atoms with E-state index in [0.717, 1.165) is 29.8 Å². The van der Waals surface area contributed by atoms with Crippen LogP contribution >= 0.6 is 0 Å². The van der Waals surface area contributed by atoms with E-state index in [1.54, 1.807) is 42.5 Å². The van der Waals surface area contributed by atoms with E-state index in [2.05, 4.69) is 37.3 Å². The van der Waals surface area contributed by atoms with Gasteiger partial charge in [0.05, 0.1) is 23.7 Å². The Kier molecular flexibility index (Phi) is 8.20. The molecule has 2 heterocycles. The van der Waals surface area contributed by atoms with Crippen molar-refractivity contribution in [3.63, 3.8) is 0 Å². The summed E-state index contributed by atoms with van der Waals surface area (Å²) in [6.07, 6.45) is 2.85. The Morgan fingerprint density at radius 2 is 1.58 bits per heavy atom. The average Bonchev–Trinajstić information content (AvgIpc) is 3.22. The summed E-state index contributed by atoms with van der Waals surface area (Å²) in [7, 11) is -3.69. The van der Waals surface area contributed by atoms with E-state index in [0.29, 0.717) is 22.6 Å². The first-order valence-electron chi connectivity index (χ1n) is 15.4. The molecule has 2 saturated heterocycles. The lowest BCUT2D eigenvalue weighted by molar-refractivity contribution is -0.276. The van der Waals surface area contributed by atoms with Crippen molar-refractivity contribution < 1.29 is 23.0 Å². The highest BCUT2D eigenvalue weighted by Crippen LogP contribution is 2.53. The van der Waals surface area contributed by atoms with Gasteiger partial charge in [-0.2, -0.15) is 0 Å². The molecule has 6 unspecified atom stereocenters. The normalized spacial score (nSPS) is 30.7. The molecule has 7 nitrogen and oxygen atoms in total. The second kappa shape index (κ2) is 11.6. The van der Waals surface area contributed by atoms with Crippen molar-refractivity contribution in [3.05, 3.63) is 95.6 Å². The van der Waals surface area contributed by atoms with E-state index in [1.165, 1.54) is 19.3 Å². The molecule has 0 amide bonds. The third-order valence-corrected chi connectivity index (χ3v) is 10.9. The molecule has 6 rings (SSSR count). The van der Waals surface area contributed by atoms with Gasteiger partial charge >= 0.3 is 0 Å². The number of likely N-dealkylation sites (tertiary alicyclic amines) is 1. The number of fused-ring (bicyclic) bond motifs is 2. The molecule has 2 bridgehead atoms. The van der Waals surface area contributed by atoms with E-state index >= 15 is 0 Å². The molecule has 6 atom stereocenters. The molecule has 43 heavy (non-hydrogen) atoms. The zero-order valence-corrected chi connectivity index (χ0v) is 26.4. The summed E-state index contributed by atoms with van der Waals surface area (Å²) in [6, 6.07) is 24.2. The third-order valence-electron chi connectivity index (χ3n) is 9.55. The Hall–Kier alpha value is -2.75. The van der Waals surface area contributed by atoms with E-state index in [1.807, 2.05) is 36.4 Å². The molecule has 3 aromatic carbocycles. The molecule has 1 saturated carbocycles. The van der Waals surface area contributed by atoms with Gasteiger partial charge in [0, 0.05) is 36.3 Å². The lowest BCUT2D eigenvalue weighted by Crippen LogP contribution is -2.46. The number of aliphatic hydroxyl groups excluding tert-OH is 1. The molecule has 8 heteroatoms. The zero-order valence-electron chi connectivity index (χ0n) is 25.6. The van der Waals surface area contributed by atoms with Crippen molar-refractivity contribution >= 4 is 15.7 Å². The van der Waals surface area contributed by atoms with Crippen LogP contribution in [0.2, 0.25) is 0 Å². The molecule has 3 aromatic rings. The van der Waals surface area contributed by atoms with Crippen molar-refractivity contribution in [1.82, 2.24) is 4.90 Å². The largest absolute Gasteiger partial charge is 0.392 e. The highest BCUT2D eigenvalue weighted by molar-refractivity contribution is 7.92. The van der Waals surface area contributed by atoms with E-state index in [-0.39, 0.29) is 29.6 Å². The molecule has 0 radical (unpaired) electrons. The SMILES string of the molecule is CC1C(CN2CC3(C)CC2CC(C)(C)C3)OC(c2ccc(NS(=O)(=O)c3ccccc3)cc2)OC1c1ccc(CO)cc1. The number of sulfonamides is 1. The molecule has 3 fully saturated rings. The van der Waals surface area contributed by atoms with Gasteiger partial charge in [-0.15, -0.1) is 0 Å². The summed E-state index contributed by atoms with van der Waals surface area (Å²) in [5.41, 5.74) is 3.92. The van der Waals surface area contributed by atoms with Crippen LogP contribution in [-0.2, 0) is 26.1 Å². The molecule has 2 N–H and O–H groups in total. The fraction of sp³-hybridized carbons (Fsp3) is 0.486. The second-order valence-electron chi connectivity index (χ2n) is 14.0. The van der Waals surface area contributed by atoms with Crippen molar-refractivity contribution in [1.29, 1.82) is 0 Å². The summed E-state index contributed by atoms with van der Waals surface area (Å²) in [5.74, 6) is 0.106. The van der Waals surface area contributed by atoms with Gasteiger partial charge in [0.25, 0.3) is 10.0 Å². The maximum absolute atomic E-state index is 12.8. The number of nitrogens with zero attached hydrogens (tertiary/aromatic N) is 1. The lowest BCUT2D eigenvalue weighted by atomic mass is 9.65. The molecule has 2 aliphatic heterocycles. The Balaban J connectivity index is 1.24. The molecular formula is C35H44N2O5S. The van der Waals surface area contributed by atoms with E-state index < -0.39 is 16.3 Å². The zero-order chi connectivity index (χ0) is 30.4. The minimum Gasteiger partial charge on any atom is -0.392 e. The topological polar surface area (TPSA) is 88.1 Å². The standard InChI is InChI=1S/C35H44N2O5S/c1-24-31(20-37-23-35(4)19-29(37)18-34(2,3)22-35)41-33(42-32(24)26-12-10-25(21-38)11-13-26)27-14-16-28(17-15-27)36-43(39,40)30-8-6-5-7-9-30/h5-17,24,29,31-33,36,38H,18-23H2,1-4H3. The van der Waals surface area contributed by atoms with Crippen LogP contribution in [0.3, 0.4) is 0 Å².